The highest BCUT2D eigenvalue weighted by molar-refractivity contribution is 5.86. The average Bonchev–Trinajstić information content (AvgIpc) is 3.18. The molecule has 0 saturated heterocycles. The molecule has 0 saturated carbocycles. The topological polar surface area (TPSA) is 48.0 Å². The van der Waals surface area contributed by atoms with E-state index in [1.54, 1.807) is 0 Å². The maximum absolute atomic E-state index is 4.72. The number of imidazole rings is 2. The molecule has 5 heteroatoms. The number of benzene rings is 2. The Morgan fingerprint density at radius 3 is 2.35 bits per heavy atom. The van der Waals surface area contributed by atoms with E-state index in [-0.39, 0.29) is 0 Å². The zero-order chi connectivity index (χ0) is 17.9. The van der Waals surface area contributed by atoms with Gasteiger partial charge in [0.15, 0.2) is 5.82 Å². The van der Waals surface area contributed by atoms with Crippen LogP contribution in [0.25, 0.3) is 22.1 Å². The van der Waals surface area contributed by atoms with Gasteiger partial charge >= 0.3 is 0 Å². The van der Waals surface area contributed by atoms with Crippen LogP contribution in [0.5, 0.6) is 0 Å². The van der Waals surface area contributed by atoms with Crippen LogP contribution in [0.3, 0.4) is 0 Å². The Labute approximate surface area is 153 Å². The van der Waals surface area contributed by atoms with Crippen LogP contribution in [0.2, 0.25) is 0 Å². The van der Waals surface area contributed by atoms with E-state index in [4.69, 9.17) is 9.98 Å². The molecule has 0 spiro atoms. The molecule has 2 heterocycles. The number of aliphatic imine (C=N–C) groups is 1. The van der Waals surface area contributed by atoms with Crippen molar-refractivity contribution in [2.75, 3.05) is 0 Å². The third-order valence-corrected chi connectivity index (χ3v) is 4.74. The summed E-state index contributed by atoms with van der Waals surface area (Å²) >= 11 is 0. The second kappa shape index (κ2) is 7.12. The SMILES string of the molecule is CCCCCn1c(N=Cc2nc3ccccc3n2C)nc2ccccc21. The summed E-state index contributed by atoms with van der Waals surface area (Å²) in [7, 11) is 2.01. The summed E-state index contributed by atoms with van der Waals surface area (Å²) in [4.78, 5) is 14.1. The molecule has 0 aliphatic carbocycles. The van der Waals surface area contributed by atoms with Crippen molar-refractivity contribution in [1.29, 1.82) is 0 Å². The van der Waals surface area contributed by atoms with Crippen molar-refractivity contribution in [3.05, 3.63) is 54.4 Å². The fraction of sp³-hybridized carbons (Fsp3) is 0.286. The molecule has 4 aromatic rings. The number of rotatable bonds is 6. The highest BCUT2D eigenvalue weighted by Gasteiger charge is 2.10. The lowest BCUT2D eigenvalue weighted by atomic mass is 10.2. The van der Waals surface area contributed by atoms with Gasteiger partial charge in [-0.2, -0.15) is 0 Å². The van der Waals surface area contributed by atoms with Crippen molar-refractivity contribution in [3.8, 4) is 0 Å². The van der Waals surface area contributed by atoms with Gasteiger partial charge in [0.1, 0.15) is 0 Å². The van der Waals surface area contributed by atoms with E-state index < -0.39 is 0 Å². The summed E-state index contributed by atoms with van der Waals surface area (Å²) < 4.78 is 4.27. The number of hydrogen-bond donors (Lipinski definition) is 0. The normalized spacial score (nSPS) is 11.9. The first kappa shape index (κ1) is 16.5. The van der Waals surface area contributed by atoms with Gasteiger partial charge in [-0.1, -0.05) is 44.0 Å². The monoisotopic (exact) mass is 345 g/mol. The summed E-state index contributed by atoms with van der Waals surface area (Å²) in [5.74, 6) is 1.58. The Morgan fingerprint density at radius 2 is 1.62 bits per heavy atom. The maximum Gasteiger partial charge on any atom is 0.230 e. The molecular formula is C21H23N5. The fourth-order valence-electron chi connectivity index (χ4n) is 3.30. The molecule has 2 aromatic heterocycles. The summed E-state index contributed by atoms with van der Waals surface area (Å²) in [6.45, 7) is 3.15. The second-order valence-electron chi connectivity index (χ2n) is 6.54. The van der Waals surface area contributed by atoms with Crippen LogP contribution in [-0.2, 0) is 13.6 Å². The van der Waals surface area contributed by atoms with Crippen molar-refractivity contribution in [1.82, 2.24) is 19.1 Å². The molecule has 0 amide bonds. The van der Waals surface area contributed by atoms with E-state index in [0.29, 0.717) is 0 Å². The van der Waals surface area contributed by atoms with Crippen LogP contribution in [0.1, 0.15) is 32.0 Å². The molecule has 0 aliphatic rings. The lowest BCUT2D eigenvalue weighted by molar-refractivity contribution is 0.616. The number of fused-ring (bicyclic) bond motifs is 2. The fourth-order valence-corrected chi connectivity index (χ4v) is 3.30. The van der Waals surface area contributed by atoms with E-state index in [9.17, 15) is 0 Å². The average molecular weight is 345 g/mol. The Bertz CT molecular complexity index is 1070. The van der Waals surface area contributed by atoms with E-state index in [0.717, 1.165) is 46.8 Å². The zero-order valence-electron chi connectivity index (χ0n) is 15.3. The molecule has 0 N–H and O–H groups in total. The first-order valence-electron chi connectivity index (χ1n) is 9.18. The van der Waals surface area contributed by atoms with Crippen LogP contribution in [0.15, 0.2) is 53.5 Å². The van der Waals surface area contributed by atoms with Crippen molar-refractivity contribution in [3.63, 3.8) is 0 Å². The molecule has 5 nitrogen and oxygen atoms in total. The highest BCUT2D eigenvalue weighted by Crippen LogP contribution is 2.23. The number of aryl methyl sites for hydroxylation is 2. The number of nitrogens with zero attached hydrogens (tertiary/aromatic N) is 5. The van der Waals surface area contributed by atoms with Gasteiger partial charge in [0.2, 0.25) is 5.95 Å². The number of para-hydroxylation sites is 4. The van der Waals surface area contributed by atoms with Gasteiger partial charge < -0.3 is 9.13 Å². The summed E-state index contributed by atoms with van der Waals surface area (Å²) in [5.41, 5.74) is 4.21. The highest BCUT2D eigenvalue weighted by atomic mass is 15.2. The van der Waals surface area contributed by atoms with Crippen molar-refractivity contribution in [2.24, 2.45) is 12.0 Å². The quantitative estimate of drug-likeness (QED) is 0.370. The van der Waals surface area contributed by atoms with Crippen LogP contribution < -0.4 is 0 Å². The van der Waals surface area contributed by atoms with Gasteiger partial charge in [-0.15, -0.1) is 0 Å². The van der Waals surface area contributed by atoms with E-state index in [2.05, 4.69) is 39.2 Å². The largest absolute Gasteiger partial charge is 0.326 e. The molecule has 0 unspecified atom stereocenters. The third kappa shape index (κ3) is 3.01. The summed E-state index contributed by atoms with van der Waals surface area (Å²) in [6, 6.07) is 16.3. The van der Waals surface area contributed by atoms with Crippen molar-refractivity contribution < 1.29 is 0 Å². The van der Waals surface area contributed by atoms with Crippen LogP contribution in [0, 0.1) is 0 Å². The number of aromatic nitrogens is 4. The van der Waals surface area contributed by atoms with E-state index in [1.807, 2.05) is 43.6 Å². The molecule has 0 bridgehead atoms. The lowest BCUT2D eigenvalue weighted by Crippen LogP contribution is -1.99. The lowest BCUT2D eigenvalue weighted by Gasteiger charge is -2.05. The van der Waals surface area contributed by atoms with Gasteiger partial charge in [-0.25, -0.2) is 15.0 Å². The molecule has 132 valence electrons. The molecule has 0 radical (unpaired) electrons. The van der Waals surface area contributed by atoms with Gasteiger partial charge in [-0.05, 0) is 30.7 Å². The molecule has 0 aliphatic heterocycles. The predicted molar refractivity (Wildman–Crippen MR) is 107 cm³/mol. The Kier molecular flexibility index (Phi) is 4.52. The second-order valence-corrected chi connectivity index (χ2v) is 6.54. The van der Waals surface area contributed by atoms with Gasteiger partial charge in [0.25, 0.3) is 0 Å². The Morgan fingerprint density at radius 1 is 0.923 bits per heavy atom. The minimum absolute atomic E-state index is 0.745. The third-order valence-electron chi connectivity index (χ3n) is 4.74. The molecule has 0 atom stereocenters. The van der Waals surface area contributed by atoms with Crippen molar-refractivity contribution in [2.45, 2.75) is 32.7 Å². The zero-order valence-corrected chi connectivity index (χ0v) is 15.3. The summed E-state index contributed by atoms with van der Waals surface area (Å²) in [5, 5.41) is 0. The summed E-state index contributed by atoms with van der Waals surface area (Å²) in [6.07, 6.45) is 5.36. The smallest absolute Gasteiger partial charge is 0.230 e. The van der Waals surface area contributed by atoms with Crippen LogP contribution in [0.4, 0.5) is 5.95 Å². The van der Waals surface area contributed by atoms with E-state index >= 15 is 0 Å². The Balaban J connectivity index is 1.72. The molecule has 2 aromatic carbocycles. The minimum atomic E-state index is 0.745. The molecule has 4 rings (SSSR count). The number of hydrogen-bond acceptors (Lipinski definition) is 3. The Hall–Kier alpha value is -2.95. The standard InChI is InChI=1S/C21H23N5/c1-3-4-9-14-26-19-13-8-6-11-17(19)24-21(26)22-15-20-23-16-10-5-7-12-18(16)25(20)2/h5-8,10-13,15H,3-4,9,14H2,1-2H3. The first-order valence-corrected chi connectivity index (χ1v) is 9.18. The molecule has 26 heavy (non-hydrogen) atoms. The maximum atomic E-state index is 4.72. The van der Waals surface area contributed by atoms with Gasteiger partial charge in [-0.3, -0.25) is 0 Å². The molecular weight excluding hydrogens is 322 g/mol. The van der Waals surface area contributed by atoms with E-state index in [1.165, 1.54) is 12.8 Å². The first-order chi connectivity index (χ1) is 12.8. The van der Waals surface area contributed by atoms with Gasteiger partial charge in [0, 0.05) is 13.6 Å². The molecule has 0 fully saturated rings. The minimum Gasteiger partial charge on any atom is -0.326 e. The van der Waals surface area contributed by atoms with Crippen molar-refractivity contribution >= 4 is 34.2 Å². The van der Waals surface area contributed by atoms with Gasteiger partial charge in [0.05, 0.1) is 28.3 Å². The van der Waals surface area contributed by atoms with Crippen LogP contribution >= 0.6 is 0 Å². The predicted octanol–water partition coefficient (Wildman–Crippen LogP) is 4.86. The number of unbranched alkanes of at least 4 members (excludes halogenated alkanes) is 2. The van der Waals surface area contributed by atoms with Crippen LogP contribution in [-0.4, -0.2) is 25.3 Å².